The van der Waals surface area contributed by atoms with Crippen LogP contribution in [0.1, 0.15) is 16.1 Å². The summed E-state index contributed by atoms with van der Waals surface area (Å²) in [5.74, 6) is 1.15. The lowest BCUT2D eigenvalue weighted by atomic mass is 10.1. The summed E-state index contributed by atoms with van der Waals surface area (Å²) >= 11 is 0. The first-order valence-corrected chi connectivity index (χ1v) is 9.69. The van der Waals surface area contributed by atoms with E-state index in [1.165, 1.54) is 0 Å². The monoisotopic (exact) mass is 415 g/mol. The van der Waals surface area contributed by atoms with Gasteiger partial charge in [-0.15, -0.1) is 0 Å². The second-order valence-electron chi connectivity index (χ2n) is 6.69. The fourth-order valence-corrected chi connectivity index (χ4v) is 3.13. The molecule has 31 heavy (non-hydrogen) atoms. The van der Waals surface area contributed by atoms with Crippen molar-refractivity contribution in [1.29, 1.82) is 0 Å². The van der Waals surface area contributed by atoms with Gasteiger partial charge in [-0.1, -0.05) is 48.5 Å². The molecule has 4 aromatic rings. The molecule has 0 atom stereocenters. The van der Waals surface area contributed by atoms with Crippen LogP contribution in [0.25, 0.3) is 22.8 Å². The second kappa shape index (κ2) is 9.17. The van der Waals surface area contributed by atoms with E-state index in [0.717, 1.165) is 11.1 Å². The molecular weight excluding hydrogens is 394 g/mol. The van der Waals surface area contributed by atoms with Crippen LogP contribution in [0.4, 0.5) is 0 Å². The molecule has 0 saturated heterocycles. The molecule has 0 bridgehead atoms. The number of hydrogen-bond acceptors (Lipinski definition) is 6. The number of aromatic nitrogens is 1. The van der Waals surface area contributed by atoms with Crippen molar-refractivity contribution in [2.24, 2.45) is 0 Å². The molecule has 0 aliphatic rings. The SMILES string of the molecule is COc1ccc(-c2oc(-c3ccccc3)nc2C(=O)OCc2ccccc2)cc1OC. The number of oxazole rings is 1. The molecule has 0 spiro atoms. The third kappa shape index (κ3) is 4.43. The summed E-state index contributed by atoms with van der Waals surface area (Å²) in [4.78, 5) is 17.4. The summed E-state index contributed by atoms with van der Waals surface area (Å²) in [5, 5.41) is 0. The van der Waals surface area contributed by atoms with Gasteiger partial charge in [0.2, 0.25) is 5.89 Å². The fourth-order valence-electron chi connectivity index (χ4n) is 3.13. The Morgan fingerprint density at radius 3 is 2.19 bits per heavy atom. The highest BCUT2D eigenvalue weighted by atomic mass is 16.5. The average molecular weight is 415 g/mol. The molecule has 0 radical (unpaired) electrons. The first kappa shape index (κ1) is 20.2. The van der Waals surface area contributed by atoms with Gasteiger partial charge in [-0.05, 0) is 35.9 Å². The molecule has 6 nitrogen and oxygen atoms in total. The summed E-state index contributed by atoms with van der Waals surface area (Å²) < 4.78 is 22.2. The molecule has 0 unspecified atom stereocenters. The third-order valence-corrected chi connectivity index (χ3v) is 4.70. The Morgan fingerprint density at radius 1 is 0.839 bits per heavy atom. The van der Waals surface area contributed by atoms with Crippen LogP contribution in [0.2, 0.25) is 0 Å². The Morgan fingerprint density at radius 2 is 1.52 bits per heavy atom. The van der Waals surface area contributed by atoms with Crippen molar-refractivity contribution in [3.63, 3.8) is 0 Å². The van der Waals surface area contributed by atoms with E-state index < -0.39 is 5.97 Å². The maximum atomic E-state index is 12.9. The predicted octanol–water partition coefficient (Wildman–Crippen LogP) is 5.38. The lowest BCUT2D eigenvalue weighted by Crippen LogP contribution is -2.07. The zero-order valence-corrected chi connectivity index (χ0v) is 17.2. The highest BCUT2D eigenvalue weighted by Gasteiger charge is 2.24. The van der Waals surface area contributed by atoms with Crippen molar-refractivity contribution in [3.8, 4) is 34.3 Å². The molecular formula is C25H21NO5. The Kier molecular flexibility index (Phi) is 5.98. The van der Waals surface area contributed by atoms with Gasteiger partial charge in [-0.3, -0.25) is 0 Å². The molecule has 4 rings (SSSR count). The first-order valence-electron chi connectivity index (χ1n) is 9.69. The molecule has 156 valence electrons. The molecule has 3 aromatic carbocycles. The van der Waals surface area contributed by atoms with Crippen molar-refractivity contribution in [3.05, 3.63) is 90.1 Å². The van der Waals surface area contributed by atoms with E-state index in [-0.39, 0.29) is 12.3 Å². The van der Waals surface area contributed by atoms with E-state index in [1.807, 2.05) is 60.7 Å². The fraction of sp³-hybridized carbons (Fsp3) is 0.120. The molecule has 1 aromatic heterocycles. The largest absolute Gasteiger partial charge is 0.493 e. The molecule has 0 aliphatic heterocycles. The maximum absolute atomic E-state index is 12.9. The quantitative estimate of drug-likeness (QED) is 0.377. The van der Waals surface area contributed by atoms with E-state index in [2.05, 4.69) is 4.98 Å². The number of hydrogen-bond donors (Lipinski definition) is 0. The lowest BCUT2D eigenvalue weighted by Gasteiger charge is -2.09. The first-order chi connectivity index (χ1) is 15.2. The Hall–Kier alpha value is -4.06. The number of carbonyl (C=O) groups excluding carboxylic acids is 1. The van der Waals surface area contributed by atoms with Crippen LogP contribution in [0.3, 0.4) is 0 Å². The highest BCUT2D eigenvalue weighted by Crippen LogP contribution is 2.36. The number of rotatable bonds is 7. The molecule has 0 amide bonds. The van der Waals surface area contributed by atoms with Crippen LogP contribution in [-0.2, 0) is 11.3 Å². The summed E-state index contributed by atoms with van der Waals surface area (Å²) in [5.41, 5.74) is 2.36. The molecule has 6 heteroatoms. The summed E-state index contributed by atoms with van der Waals surface area (Å²) in [6, 6.07) is 24.1. The van der Waals surface area contributed by atoms with Gasteiger partial charge in [0.15, 0.2) is 23.0 Å². The molecule has 0 fully saturated rings. The van der Waals surface area contributed by atoms with E-state index in [9.17, 15) is 4.79 Å². The summed E-state index contributed by atoms with van der Waals surface area (Å²) in [6.45, 7) is 0.137. The maximum Gasteiger partial charge on any atom is 0.361 e. The minimum atomic E-state index is -0.570. The highest BCUT2D eigenvalue weighted by molar-refractivity contribution is 5.94. The number of esters is 1. The van der Waals surface area contributed by atoms with Gasteiger partial charge in [0.1, 0.15) is 6.61 Å². The van der Waals surface area contributed by atoms with Crippen molar-refractivity contribution in [2.75, 3.05) is 14.2 Å². The summed E-state index contributed by atoms with van der Waals surface area (Å²) in [6.07, 6.45) is 0. The van der Waals surface area contributed by atoms with Gasteiger partial charge >= 0.3 is 5.97 Å². The normalized spacial score (nSPS) is 10.5. The van der Waals surface area contributed by atoms with E-state index in [0.29, 0.717) is 28.7 Å². The van der Waals surface area contributed by atoms with Crippen LogP contribution in [-0.4, -0.2) is 25.2 Å². The van der Waals surface area contributed by atoms with E-state index >= 15 is 0 Å². The van der Waals surface area contributed by atoms with Crippen molar-refractivity contribution >= 4 is 5.97 Å². The molecule has 0 N–H and O–H groups in total. The molecule has 1 heterocycles. The van der Waals surface area contributed by atoms with Gasteiger partial charge in [-0.25, -0.2) is 9.78 Å². The van der Waals surface area contributed by atoms with Crippen LogP contribution in [0.5, 0.6) is 11.5 Å². The van der Waals surface area contributed by atoms with E-state index in [4.69, 9.17) is 18.6 Å². The van der Waals surface area contributed by atoms with Crippen LogP contribution < -0.4 is 9.47 Å². The standard InChI is InChI=1S/C25H21NO5/c1-28-20-14-13-19(15-21(20)29-2)23-22(25(27)30-16-17-9-5-3-6-10-17)26-24(31-23)18-11-7-4-8-12-18/h3-15H,16H2,1-2H3. The molecule has 0 saturated carbocycles. The van der Waals surface area contributed by atoms with Crippen molar-refractivity contribution in [1.82, 2.24) is 4.98 Å². The Bertz CT molecular complexity index is 1170. The zero-order chi connectivity index (χ0) is 21.6. The van der Waals surface area contributed by atoms with Crippen molar-refractivity contribution < 1.29 is 23.4 Å². The van der Waals surface area contributed by atoms with Crippen LogP contribution in [0.15, 0.2) is 83.3 Å². The molecule has 0 aliphatic carbocycles. The van der Waals surface area contributed by atoms with Gasteiger partial charge in [0.25, 0.3) is 0 Å². The van der Waals surface area contributed by atoms with Crippen molar-refractivity contribution in [2.45, 2.75) is 6.61 Å². The predicted molar refractivity (Wildman–Crippen MR) is 116 cm³/mol. The number of ether oxygens (including phenoxy) is 3. The lowest BCUT2D eigenvalue weighted by molar-refractivity contribution is 0.0467. The van der Waals surface area contributed by atoms with Gasteiger partial charge in [0, 0.05) is 11.1 Å². The van der Waals surface area contributed by atoms with E-state index in [1.54, 1.807) is 32.4 Å². The zero-order valence-electron chi connectivity index (χ0n) is 17.2. The minimum Gasteiger partial charge on any atom is -0.493 e. The average Bonchev–Trinajstić information content (AvgIpc) is 3.29. The number of benzene rings is 3. The van der Waals surface area contributed by atoms with Gasteiger partial charge in [0.05, 0.1) is 14.2 Å². The number of carbonyl (C=O) groups is 1. The Labute approximate surface area is 180 Å². The van der Waals surface area contributed by atoms with Crippen LogP contribution in [0, 0.1) is 0 Å². The number of nitrogens with zero attached hydrogens (tertiary/aromatic N) is 1. The Balaban J connectivity index is 1.72. The number of methoxy groups -OCH3 is 2. The van der Waals surface area contributed by atoms with Gasteiger partial charge < -0.3 is 18.6 Å². The smallest absolute Gasteiger partial charge is 0.361 e. The second-order valence-corrected chi connectivity index (χ2v) is 6.69. The van der Waals surface area contributed by atoms with Crippen LogP contribution >= 0.6 is 0 Å². The minimum absolute atomic E-state index is 0.0991. The van der Waals surface area contributed by atoms with Gasteiger partial charge in [-0.2, -0.15) is 0 Å². The summed E-state index contributed by atoms with van der Waals surface area (Å²) in [7, 11) is 3.11. The third-order valence-electron chi connectivity index (χ3n) is 4.70. The topological polar surface area (TPSA) is 70.8 Å².